The highest BCUT2D eigenvalue weighted by Gasteiger charge is 2.11. The van der Waals surface area contributed by atoms with Crippen molar-refractivity contribution >= 4 is 17.0 Å². The topological polar surface area (TPSA) is 57.5 Å². The Morgan fingerprint density at radius 2 is 1.77 bits per heavy atom. The number of nitrogens with one attached hydrogen (secondary N) is 2. The molecule has 6 heteroatoms. The predicted octanol–water partition coefficient (Wildman–Crippen LogP) is 3.78. The largest absolute Gasteiger partial charge is 0.357 e. The lowest BCUT2D eigenvalue weighted by Crippen LogP contribution is -2.38. The number of rotatable bonds is 9. The SMILES string of the molecule is CCNC(=NCc1ccc(CN2CCCC2)cc1)NCCCn1cnc2ccccc21. The van der Waals surface area contributed by atoms with Gasteiger partial charge >= 0.3 is 0 Å². The number of imidazole rings is 1. The van der Waals surface area contributed by atoms with Gasteiger partial charge in [0, 0.05) is 26.2 Å². The summed E-state index contributed by atoms with van der Waals surface area (Å²) in [6.07, 6.45) is 5.62. The highest BCUT2D eigenvalue weighted by Crippen LogP contribution is 2.14. The Morgan fingerprint density at radius 1 is 1.00 bits per heavy atom. The molecular formula is C25H34N6. The first-order valence-corrected chi connectivity index (χ1v) is 11.5. The molecule has 2 N–H and O–H groups in total. The molecule has 31 heavy (non-hydrogen) atoms. The average molecular weight is 419 g/mol. The maximum Gasteiger partial charge on any atom is 0.191 e. The molecule has 6 nitrogen and oxygen atoms in total. The first-order valence-electron chi connectivity index (χ1n) is 11.5. The van der Waals surface area contributed by atoms with Crippen LogP contribution in [0, 0.1) is 0 Å². The quantitative estimate of drug-likeness (QED) is 0.315. The van der Waals surface area contributed by atoms with Gasteiger partial charge in [0.05, 0.1) is 23.9 Å². The second-order valence-corrected chi connectivity index (χ2v) is 8.20. The van der Waals surface area contributed by atoms with Crippen LogP contribution < -0.4 is 10.6 Å². The number of hydrogen-bond donors (Lipinski definition) is 2. The second-order valence-electron chi connectivity index (χ2n) is 8.20. The van der Waals surface area contributed by atoms with E-state index >= 15 is 0 Å². The van der Waals surface area contributed by atoms with E-state index in [2.05, 4.69) is 74.5 Å². The molecule has 2 aromatic carbocycles. The Kier molecular flexibility index (Phi) is 7.56. The summed E-state index contributed by atoms with van der Waals surface area (Å²) in [5.74, 6) is 0.874. The van der Waals surface area contributed by atoms with Gasteiger partial charge in [0.15, 0.2) is 5.96 Å². The zero-order chi connectivity index (χ0) is 21.3. The fraction of sp³-hybridized carbons (Fsp3) is 0.440. The average Bonchev–Trinajstić information content (AvgIpc) is 3.46. The molecule has 4 rings (SSSR count). The summed E-state index contributed by atoms with van der Waals surface area (Å²) in [5.41, 5.74) is 4.88. The first kappa shape index (κ1) is 21.4. The summed E-state index contributed by atoms with van der Waals surface area (Å²) in [5, 5.41) is 6.81. The molecule has 0 radical (unpaired) electrons. The van der Waals surface area contributed by atoms with Gasteiger partial charge in [-0.25, -0.2) is 9.98 Å². The third-order valence-corrected chi connectivity index (χ3v) is 5.79. The van der Waals surface area contributed by atoms with Crippen molar-refractivity contribution in [2.45, 2.75) is 45.8 Å². The zero-order valence-electron chi connectivity index (χ0n) is 18.6. The van der Waals surface area contributed by atoms with Gasteiger partial charge in [0.1, 0.15) is 0 Å². The first-order chi connectivity index (χ1) is 15.3. The summed E-state index contributed by atoms with van der Waals surface area (Å²) in [7, 11) is 0. The van der Waals surface area contributed by atoms with Crippen LogP contribution in [0.25, 0.3) is 11.0 Å². The summed E-state index contributed by atoms with van der Waals surface area (Å²) in [4.78, 5) is 11.8. The van der Waals surface area contributed by atoms with Gasteiger partial charge < -0.3 is 15.2 Å². The van der Waals surface area contributed by atoms with Crippen molar-refractivity contribution in [2.24, 2.45) is 4.99 Å². The summed E-state index contributed by atoms with van der Waals surface area (Å²) < 4.78 is 2.21. The van der Waals surface area contributed by atoms with Crippen LogP contribution in [0.2, 0.25) is 0 Å². The number of para-hydroxylation sites is 2. The van der Waals surface area contributed by atoms with Crippen molar-refractivity contribution in [3.05, 3.63) is 66.0 Å². The molecule has 0 atom stereocenters. The molecule has 0 spiro atoms. The van der Waals surface area contributed by atoms with E-state index < -0.39 is 0 Å². The van der Waals surface area contributed by atoms with E-state index in [0.29, 0.717) is 6.54 Å². The van der Waals surface area contributed by atoms with Crippen LogP contribution in [0.3, 0.4) is 0 Å². The van der Waals surface area contributed by atoms with E-state index in [0.717, 1.165) is 44.1 Å². The smallest absolute Gasteiger partial charge is 0.191 e. The summed E-state index contributed by atoms with van der Waals surface area (Å²) in [6, 6.07) is 17.2. The number of guanidine groups is 1. The lowest BCUT2D eigenvalue weighted by atomic mass is 10.1. The van der Waals surface area contributed by atoms with Crippen LogP contribution in [-0.2, 0) is 19.6 Å². The van der Waals surface area contributed by atoms with Gasteiger partial charge in [-0.05, 0) is 62.5 Å². The lowest BCUT2D eigenvalue weighted by molar-refractivity contribution is 0.331. The number of aryl methyl sites for hydroxylation is 1. The van der Waals surface area contributed by atoms with Crippen LogP contribution >= 0.6 is 0 Å². The van der Waals surface area contributed by atoms with Crippen molar-refractivity contribution in [1.82, 2.24) is 25.1 Å². The van der Waals surface area contributed by atoms with Gasteiger partial charge in [-0.3, -0.25) is 4.90 Å². The molecule has 2 heterocycles. The minimum atomic E-state index is 0.686. The zero-order valence-corrected chi connectivity index (χ0v) is 18.6. The predicted molar refractivity (Wildman–Crippen MR) is 128 cm³/mol. The molecule has 164 valence electrons. The highest BCUT2D eigenvalue weighted by atomic mass is 15.2. The number of likely N-dealkylation sites (tertiary alicyclic amines) is 1. The molecule has 0 unspecified atom stereocenters. The molecule has 0 aliphatic carbocycles. The fourth-order valence-electron chi connectivity index (χ4n) is 4.11. The molecule has 1 fully saturated rings. The van der Waals surface area contributed by atoms with Crippen molar-refractivity contribution in [2.75, 3.05) is 26.2 Å². The standard InChI is InChI=1S/C25H34N6/c1-2-26-25(27-14-7-17-31-20-29-23-8-3-4-9-24(23)31)28-18-21-10-12-22(13-11-21)19-30-15-5-6-16-30/h3-4,8-13,20H,2,5-7,14-19H2,1H3,(H2,26,27,28). The van der Waals surface area contributed by atoms with Crippen molar-refractivity contribution in [3.8, 4) is 0 Å². The number of nitrogens with zero attached hydrogens (tertiary/aromatic N) is 4. The van der Waals surface area contributed by atoms with E-state index in [1.807, 2.05) is 12.4 Å². The molecule has 1 saturated heterocycles. The number of aromatic nitrogens is 2. The van der Waals surface area contributed by atoms with E-state index in [-0.39, 0.29) is 0 Å². The Morgan fingerprint density at radius 3 is 2.58 bits per heavy atom. The molecule has 0 saturated carbocycles. The molecule has 1 aliphatic heterocycles. The van der Waals surface area contributed by atoms with Gasteiger partial charge in [0.2, 0.25) is 0 Å². The maximum absolute atomic E-state index is 4.77. The number of fused-ring (bicyclic) bond motifs is 1. The molecule has 1 aromatic heterocycles. The van der Waals surface area contributed by atoms with Crippen molar-refractivity contribution in [1.29, 1.82) is 0 Å². The number of hydrogen-bond acceptors (Lipinski definition) is 3. The van der Waals surface area contributed by atoms with Crippen molar-refractivity contribution < 1.29 is 0 Å². The minimum Gasteiger partial charge on any atom is -0.357 e. The van der Waals surface area contributed by atoms with E-state index in [4.69, 9.17) is 4.99 Å². The van der Waals surface area contributed by atoms with Gasteiger partial charge in [-0.1, -0.05) is 36.4 Å². The molecule has 0 amide bonds. The molecule has 3 aromatic rings. The van der Waals surface area contributed by atoms with Gasteiger partial charge in [0.25, 0.3) is 0 Å². The lowest BCUT2D eigenvalue weighted by Gasteiger charge is -2.14. The Balaban J connectivity index is 1.24. The Labute approximate surface area is 185 Å². The number of benzene rings is 2. The summed E-state index contributed by atoms with van der Waals surface area (Å²) in [6.45, 7) is 8.99. The third kappa shape index (κ3) is 6.07. The van der Waals surface area contributed by atoms with E-state index in [1.54, 1.807) is 0 Å². The minimum absolute atomic E-state index is 0.686. The van der Waals surface area contributed by atoms with Crippen molar-refractivity contribution in [3.63, 3.8) is 0 Å². The summed E-state index contributed by atoms with van der Waals surface area (Å²) >= 11 is 0. The Bertz CT molecular complexity index is 969. The third-order valence-electron chi connectivity index (χ3n) is 5.79. The second kappa shape index (κ2) is 11.0. The number of aliphatic imine (C=N–C) groups is 1. The monoisotopic (exact) mass is 418 g/mol. The van der Waals surface area contributed by atoms with Crippen LogP contribution in [0.15, 0.2) is 59.9 Å². The van der Waals surface area contributed by atoms with Gasteiger partial charge in [-0.2, -0.15) is 0 Å². The van der Waals surface area contributed by atoms with Crippen LogP contribution in [0.1, 0.15) is 37.3 Å². The van der Waals surface area contributed by atoms with E-state index in [1.165, 1.54) is 42.6 Å². The van der Waals surface area contributed by atoms with Crippen LogP contribution in [0.5, 0.6) is 0 Å². The normalized spacial score (nSPS) is 14.9. The van der Waals surface area contributed by atoms with Crippen LogP contribution in [-0.4, -0.2) is 46.6 Å². The highest BCUT2D eigenvalue weighted by molar-refractivity contribution is 5.79. The van der Waals surface area contributed by atoms with E-state index in [9.17, 15) is 0 Å². The fourth-order valence-corrected chi connectivity index (χ4v) is 4.11. The maximum atomic E-state index is 4.77. The molecule has 0 bridgehead atoms. The molecular weight excluding hydrogens is 384 g/mol. The molecule has 1 aliphatic rings. The Hall–Kier alpha value is -2.86. The van der Waals surface area contributed by atoms with Gasteiger partial charge in [-0.15, -0.1) is 0 Å². The van der Waals surface area contributed by atoms with Crippen LogP contribution in [0.4, 0.5) is 0 Å².